The number of hydrogen-bond donors (Lipinski definition) is 1. The molecule has 0 fully saturated rings. The van der Waals surface area contributed by atoms with E-state index < -0.39 is 0 Å². The van der Waals surface area contributed by atoms with Gasteiger partial charge in [-0.25, -0.2) is 0 Å². The second kappa shape index (κ2) is 3.86. The third-order valence-corrected chi connectivity index (χ3v) is 3.73. The molecule has 0 saturated heterocycles. The van der Waals surface area contributed by atoms with E-state index in [2.05, 4.69) is 0 Å². The number of phenols is 1. The van der Waals surface area contributed by atoms with E-state index in [9.17, 15) is 9.90 Å². The fourth-order valence-electron chi connectivity index (χ4n) is 2.08. The summed E-state index contributed by atoms with van der Waals surface area (Å²) in [6, 6.07) is 9.04. The first-order valence-electron chi connectivity index (χ1n) is 5.35. The summed E-state index contributed by atoms with van der Waals surface area (Å²) in [7, 11) is 0. The van der Waals surface area contributed by atoms with Crippen molar-refractivity contribution in [3.63, 3.8) is 0 Å². The second-order valence-electron chi connectivity index (χ2n) is 3.99. The van der Waals surface area contributed by atoms with Gasteiger partial charge < -0.3 is 5.11 Å². The maximum atomic E-state index is 12.1. The maximum Gasteiger partial charge on any atom is 0.189 e. The third-order valence-electron chi connectivity index (χ3n) is 2.91. The summed E-state index contributed by atoms with van der Waals surface area (Å²) in [6.45, 7) is 0. The summed E-state index contributed by atoms with van der Waals surface area (Å²) < 4.78 is 0. The van der Waals surface area contributed by atoms with Gasteiger partial charge in [0.2, 0.25) is 0 Å². The highest BCUT2D eigenvalue weighted by atomic mass is 32.1. The zero-order valence-electron chi connectivity index (χ0n) is 9.01. The van der Waals surface area contributed by atoms with Gasteiger partial charge in [0.05, 0.1) is 0 Å². The number of ketones is 1. The fourth-order valence-corrected chi connectivity index (χ4v) is 2.76. The highest BCUT2D eigenvalue weighted by Crippen LogP contribution is 2.33. The lowest BCUT2D eigenvalue weighted by atomic mass is 10.1. The van der Waals surface area contributed by atoms with Gasteiger partial charge in [0.25, 0.3) is 0 Å². The Labute approximate surface area is 103 Å². The second-order valence-corrected chi connectivity index (χ2v) is 4.97. The van der Waals surface area contributed by atoms with E-state index in [-0.39, 0.29) is 11.5 Å². The number of carbonyl (C=O) groups excluding carboxylic acids is 1. The summed E-state index contributed by atoms with van der Waals surface area (Å²) in [5.74, 6) is 0.245. The predicted octanol–water partition coefficient (Wildman–Crippen LogP) is 3.28. The molecule has 1 aliphatic carbocycles. The number of allylic oxidation sites excluding steroid dienone is 1. The third kappa shape index (κ3) is 1.68. The molecule has 84 valence electrons. The molecule has 0 amide bonds. The number of thiophene rings is 1. The smallest absolute Gasteiger partial charge is 0.189 e. The molecule has 17 heavy (non-hydrogen) atoms. The van der Waals surface area contributed by atoms with E-state index in [4.69, 9.17) is 0 Å². The van der Waals surface area contributed by atoms with E-state index in [1.165, 1.54) is 0 Å². The minimum Gasteiger partial charge on any atom is -0.508 e. The number of hydrogen-bond acceptors (Lipinski definition) is 3. The highest BCUT2D eigenvalue weighted by molar-refractivity contribution is 7.10. The van der Waals surface area contributed by atoms with Crippen LogP contribution in [0.3, 0.4) is 0 Å². The van der Waals surface area contributed by atoms with Crippen molar-refractivity contribution in [1.29, 1.82) is 0 Å². The van der Waals surface area contributed by atoms with Gasteiger partial charge >= 0.3 is 0 Å². The van der Waals surface area contributed by atoms with Crippen LogP contribution in [0.1, 0.15) is 20.8 Å². The minimum atomic E-state index is 0.0318. The van der Waals surface area contributed by atoms with Crippen LogP contribution in [-0.2, 0) is 6.42 Å². The van der Waals surface area contributed by atoms with Crippen LogP contribution >= 0.6 is 11.3 Å². The van der Waals surface area contributed by atoms with Crippen LogP contribution in [0, 0.1) is 0 Å². The van der Waals surface area contributed by atoms with Crippen LogP contribution in [0.15, 0.2) is 41.3 Å². The van der Waals surface area contributed by atoms with Gasteiger partial charge in [-0.1, -0.05) is 18.2 Å². The number of fused-ring (bicyclic) bond motifs is 1. The van der Waals surface area contributed by atoms with E-state index in [0.717, 1.165) is 16.0 Å². The maximum absolute atomic E-state index is 12.1. The summed E-state index contributed by atoms with van der Waals surface area (Å²) in [4.78, 5) is 13.2. The van der Waals surface area contributed by atoms with Crippen molar-refractivity contribution in [2.24, 2.45) is 0 Å². The number of aromatic hydroxyl groups is 1. The Morgan fingerprint density at radius 2 is 2.12 bits per heavy atom. The largest absolute Gasteiger partial charge is 0.508 e. The molecule has 0 unspecified atom stereocenters. The molecular weight excluding hydrogens is 232 g/mol. The van der Waals surface area contributed by atoms with Crippen LogP contribution in [0.4, 0.5) is 0 Å². The van der Waals surface area contributed by atoms with Gasteiger partial charge in [-0.05, 0) is 23.6 Å². The lowest BCUT2D eigenvalue weighted by molar-refractivity contribution is 0.104. The number of phenolic OH excluding ortho intramolecular Hbond substituents is 1. The molecule has 0 atom stereocenters. The van der Waals surface area contributed by atoms with Crippen LogP contribution in [0.5, 0.6) is 5.75 Å². The molecule has 0 saturated carbocycles. The zero-order chi connectivity index (χ0) is 11.8. The zero-order valence-corrected chi connectivity index (χ0v) is 9.83. The lowest BCUT2D eigenvalue weighted by Gasteiger charge is -1.97. The SMILES string of the molecule is O=C1C(=Cc2cccs2)Cc2c(O)cccc21. The molecular formula is C14H10O2S. The molecule has 3 heteroatoms. The van der Waals surface area contributed by atoms with Crippen molar-refractivity contribution in [2.75, 3.05) is 0 Å². The first-order chi connectivity index (χ1) is 8.25. The molecule has 0 aliphatic heterocycles. The van der Waals surface area contributed by atoms with Crippen molar-refractivity contribution >= 4 is 23.2 Å². The van der Waals surface area contributed by atoms with E-state index in [1.54, 1.807) is 29.5 Å². The van der Waals surface area contributed by atoms with E-state index in [1.807, 2.05) is 23.6 Å². The van der Waals surface area contributed by atoms with Gasteiger partial charge in [0, 0.05) is 28.0 Å². The Balaban J connectivity index is 2.05. The quantitative estimate of drug-likeness (QED) is 0.779. The first kappa shape index (κ1) is 10.3. The molecule has 3 rings (SSSR count). The van der Waals surface area contributed by atoms with Crippen molar-refractivity contribution in [2.45, 2.75) is 6.42 Å². The summed E-state index contributed by atoms with van der Waals surface area (Å²) >= 11 is 1.60. The van der Waals surface area contributed by atoms with Gasteiger partial charge in [0.1, 0.15) is 5.75 Å². The van der Waals surface area contributed by atoms with E-state index in [0.29, 0.717) is 12.0 Å². The van der Waals surface area contributed by atoms with Gasteiger partial charge in [-0.3, -0.25) is 4.79 Å². The Hall–Kier alpha value is -1.87. The van der Waals surface area contributed by atoms with Crippen LogP contribution in [-0.4, -0.2) is 10.9 Å². The monoisotopic (exact) mass is 242 g/mol. The molecule has 2 nitrogen and oxygen atoms in total. The topological polar surface area (TPSA) is 37.3 Å². The fraction of sp³-hybridized carbons (Fsp3) is 0.0714. The molecule has 1 aliphatic rings. The number of rotatable bonds is 1. The Bertz CT molecular complexity index is 609. The average molecular weight is 242 g/mol. The molecule has 1 aromatic carbocycles. The molecule has 1 heterocycles. The van der Waals surface area contributed by atoms with Crippen molar-refractivity contribution in [3.8, 4) is 5.75 Å². The normalized spacial score (nSPS) is 16.5. The van der Waals surface area contributed by atoms with Crippen LogP contribution in [0.25, 0.3) is 6.08 Å². The van der Waals surface area contributed by atoms with E-state index >= 15 is 0 Å². The average Bonchev–Trinajstić information content (AvgIpc) is 2.92. The lowest BCUT2D eigenvalue weighted by Crippen LogP contribution is -1.94. The molecule has 1 N–H and O–H groups in total. The predicted molar refractivity (Wildman–Crippen MR) is 68.4 cm³/mol. The highest BCUT2D eigenvalue weighted by Gasteiger charge is 2.26. The molecule has 0 bridgehead atoms. The number of Topliss-reactive ketones (excluding diaryl/α,β-unsaturated/α-hetero) is 1. The molecule has 1 aromatic heterocycles. The minimum absolute atomic E-state index is 0.0318. The standard InChI is InChI=1S/C14H10O2S/c15-13-5-1-4-11-12(13)8-9(14(11)16)7-10-3-2-6-17-10/h1-7,15H,8H2. The van der Waals surface area contributed by atoms with Gasteiger partial charge in [0.15, 0.2) is 5.78 Å². The summed E-state index contributed by atoms with van der Waals surface area (Å²) in [5, 5.41) is 11.7. The van der Waals surface area contributed by atoms with Crippen LogP contribution < -0.4 is 0 Å². The summed E-state index contributed by atoms with van der Waals surface area (Å²) in [6.07, 6.45) is 2.44. The van der Waals surface area contributed by atoms with Crippen LogP contribution in [0.2, 0.25) is 0 Å². The number of benzene rings is 1. The van der Waals surface area contributed by atoms with Crippen molar-refractivity contribution in [1.82, 2.24) is 0 Å². The molecule has 2 aromatic rings. The Morgan fingerprint density at radius 1 is 1.24 bits per heavy atom. The molecule has 0 radical (unpaired) electrons. The van der Waals surface area contributed by atoms with Gasteiger partial charge in [-0.2, -0.15) is 0 Å². The Morgan fingerprint density at radius 3 is 2.82 bits per heavy atom. The van der Waals surface area contributed by atoms with Crippen molar-refractivity contribution < 1.29 is 9.90 Å². The summed E-state index contributed by atoms with van der Waals surface area (Å²) in [5.41, 5.74) is 2.14. The molecule has 0 spiro atoms. The number of carbonyl (C=O) groups is 1. The van der Waals surface area contributed by atoms with Gasteiger partial charge in [-0.15, -0.1) is 11.3 Å². The first-order valence-corrected chi connectivity index (χ1v) is 6.23. The van der Waals surface area contributed by atoms with Crippen molar-refractivity contribution in [3.05, 3.63) is 57.3 Å². The Kier molecular flexibility index (Phi) is 2.34.